The molecule has 0 unspecified atom stereocenters. The van der Waals surface area contributed by atoms with E-state index in [0.717, 1.165) is 0 Å². The molecule has 0 heterocycles. The van der Waals surface area contributed by atoms with Crippen LogP contribution in [0.25, 0.3) is 0 Å². The molecule has 0 bridgehead atoms. The quantitative estimate of drug-likeness (QED) is 0.526. The first-order valence-corrected chi connectivity index (χ1v) is 5.50. The van der Waals surface area contributed by atoms with Gasteiger partial charge < -0.3 is 5.43 Å². The van der Waals surface area contributed by atoms with Crippen molar-refractivity contribution >= 4 is 5.71 Å². The molecule has 0 radical (unpaired) electrons. The van der Waals surface area contributed by atoms with Gasteiger partial charge in [0.05, 0.1) is 0 Å². The first-order valence-electron chi connectivity index (χ1n) is 5.50. The van der Waals surface area contributed by atoms with Gasteiger partial charge in [0.2, 0.25) is 0 Å². The van der Waals surface area contributed by atoms with Crippen LogP contribution in [-0.4, -0.2) is 11.8 Å². The van der Waals surface area contributed by atoms with Gasteiger partial charge in [-0.05, 0) is 25.7 Å². The molecule has 1 aliphatic carbocycles. The summed E-state index contributed by atoms with van der Waals surface area (Å²) in [6.07, 6.45) is 6.75. The van der Waals surface area contributed by atoms with E-state index in [4.69, 9.17) is 0 Å². The first kappa shape index (κ1) is 10.6. The topological polar surface area (TPSA) is 24.4 Å². The summed E-state index contributed by atoms with van der Waals surface area (Å²) in [6.45, 7) is 6.46. The fourth-order valence-electron chi connectivity index (χ4n) is 1.55. The smallest absolute Gasteiger partial charge is 0.0440 e. The highest BCUT2D eigenvalue weighted by Crippen LogP contribution is 2.17. The molecule has 0 spiro atoms. The van der Waals surface area contributed by atoms with Crippen LogP contribution in [0.3, 0.4) is 0 Å². The van der Waals surface area contributed by atoms with Crippen molar-refractivity contribution in [1.82, 2.24) is 5.43 Å². The SMILES string of the molecule is C/C(=N\NC1CCCCC1)C(C)C. The predicted molar refractivity (Wildman–Crippen MR) is 58.0 cm³/mol. The number of nitrogens with one attached hydrogen (secondary N) is 1. The molecule has 1 rings (SSSR count). The summed E-state index contributed by atoms with van der Waals surface area (Å²) in [5.41, 5.74) is 4.50. The van der Waals surface area contributed by atoms with Crippen LogP contribution < -0.4 is 5.43 Å². The van der Waals surface area contributed by atoms with Crippen LogP contribution in [0.2, 0.25) is 0 Å². The van der Waals surface area contributed by atoms with Crippen molar-refractivity contribution in [3.05, 3.63) is 0 Å². The minimum atomic E-state index is 0.566. The summed E-state index contributed by atoms with van der Waals surface area (Å²) in [4.78, 5) is 0. The Balaban J connectivity index is 2.27. The number of rotatable bonds is 3. The Morgan fingerprint density at radius 3 is 2.38 bits per heavy atom. The predicted octanol–water partition coefficient (Wildman–Crippen LogP) is 2.94. The summed E-state index contributed by atoms with van der Waals surface area (Å²) in [6, 6.07) is 0.641. The van der Waals surface area contributed by atoms with Gasteiger partial charge in [-0.25, -0.2) is 0 Å². The number of nitrogens with zero attached hydrogens (tertiary/aromatic N) is 1. The van der Waals surface area contributed by atoms with Crippen LogP contribution in [0.4, 0.5) is 0 Å². The van der Waals surface area contributed by atoms with E-state index < -0.39 is 0 Å². The minimum Gasteiger partial charge on any atom is -0.307 e. The highest BCUT2D eigenvalue weighted by molar-refractivity contribution is 5.83. The van der Waals surface area contributed by atoms with Gasteiger partial charge in [-0.3, -0.25) is 0 Å². The molecule has 2 nitrogen and oxygen atoms in total. The van der Waals surface area contributed by atoms with Gasteiger partial charge in [-0.15, -0.1) is 0 Å². The Hall–Kier alpha value is -0.530. The van der Waals surface area contributed by atoms with Crippen molar-refractivity contribution < 1.29 is 0 Å². The third-order valence-electron chi connectivity index (χ3n) is 2.86. The van der Waals surface area contributed by atoms with E-state index in [1.807, 2.05) is 0 Å². The van der Waals surface area contributed by atoms with Crippen molar-refractivity contribution in [1.29, 1.82) is 0 Å². The summed E-state index contributed by atoms with van der Waals surface area (Å²) < 4.78 is 0. The van der Waals surface area contributed by atoms with Crippen molar-refractivity contribution in [2.24, 2.45) is 11.0 Å². The summed E-state index contributed by atoms with van der Waals surface area (Å²) in [5, 5.41) is 4.41. The fourth-order valence-corrected chi connectivity index (χ4v) is 1.55. The molecule has 13 heavy (non-hydrogen) atoms. The van der Waals surface area contributed by atoms with Crippen LogP contribution in [0.15, 0.2) is 5.10 Å². The fraction of sp³-hybridized carbons (Fsp3) is 0.909. The standard InChI is InChI=1S/C11H22N2/c1-9(2)10(3)12-13-11-7-5-4-6-8-11/h9,11,13H,4-8H2,1-3H3/b12-10+. The molecule has 0 aromatic rings. The molecule has 0 aliphatic heterocycles. The maximum atomic E-state index is 4.41. The summed E-state index contributed by atoms with van der Waals surface area (Å²) in [5.74, 6) is 0.566. The molecule has 1 aliphatic rings. The second kappa shape index (κ2) is 5.25. The van der Waals surface area contributed by atoms with E-state index in [1.165, 1.54) is 37.8 Å². The number of hydrogen-bond acceptors (Lipinski definition) is 2. The highest BCUT2D eigenvalue weighted by atomic mass is 15.3. The molecule has 1 fully saturated rings. The van der Waals surface area contributed by atoms with Crippen LogP contribution in [0, 0.1) is 5.92 Å². The molecule has 0 amide bonds. The second-order valence-electron chi connectivity index (χ2n) is 4.37. The molecule has 2 heteroatoms. The van der Waals surface area contributed by atoms with Gasteiger partial charge >= 0.3 is 0 Å². The lowest BCUT2D eigenvalue weighted by Gasteiger charge is -2.21. The van der Waals surface area contributed by atoms with Crippen molar-refractivity contribution in [3.63, 3.8) is 0 Å². The van der Waals surface area contributed by atoms with E-state index in [2.05, 4.69) is 31.3 Å². The van der Waals surface area contributed by atoms with Crippen LogP contribution in [-0.2, 0) is 0 Å². The van der Waals surface area contributed by atoms with Gasteiger partial charge in [0, 0.05) is 11.8 Å². The third-order valence-corrected chi connectivity index (χ3v) is 2.86. The van der Waals surface area contributed by atoms with Gasteiger partial charge in [-0.2, -0.15) is 5.10 Å². The average molecular weight is 182 g/mol. The first-order chi connectivity index (χ1) is 6.20. The van der Waals surface area contributed by atoms with E-state index in [1.54, 1.807) is 0 Å². The molecule has 76 valence electrons. The molecule has 0 saturated heterocycles. The van der Waals surface area contributed by atoms with Gasteiger partial charge in [0.1, 0.15) is 0 Å². The van der Waals surface area contributed by atoms with Gasteiger partial charge in [-0.1, -0.05) is 33.1 Å². The number of hydrogen-bond donors (Lipinski definition) is 1. The lowest BCUT2D eigenvalue weighted by molar-refractivity contribution is 0.380. The molecular formula is C11H22N2. The van der Waals surface area contributed by atoms with Crippen LogP contribution >= 0.6 is 0 Å². The zero-order valence-electron chi connectivity index (χ0n) is 9.14. The summed E-state index contributed by atoms with van der Waals surface area (Å²) in [7, 11) is 0. The average Bonchev–Trinajstić information content (AvgIpc) is 2.15. The Morgan fingerprint density at radius 2 is 1.85 bits per heavy atom. The zero-order chi connectivity index (χ0) is 9.68. The second-order valence-corrected chi connectivity index (χ2v) is 4.37. The lowest BCUT2D eigenvalue weighted by Crippen LogP contribution is -2.28. The molecule has 0 atom stereocenters. The van der Waals surface area contributed by atoms with Gasteiger partial charge in [0.25, 0.3) is 0 Å². The molecular weight excluding hydrogens is 160 g/mol. The summed E-state index contributed by atoms with van der Waals surface area (Å²) >= 11 is 0. The van der Waals surface area contributed by atoms with Crippen molar-refractivity contribution in [3.8, 4) is 0 Å². The Morgan fingerprint density at radius 1 is 1.23 bits per heavy atom. The number of hydrazone groups is 1. The van der Waals surface area contributed by atoms with Gasteiger partial charge in [0.15, 0.2) is 0 Å². The van der Waals surface area contributed by atoms with Crippen LogP contribution in [0.5, 0.6) is 0 Å². The Kier molecular flexibility index (Phi) is 4.26. The van der Waals surface area contributed by atoms with E-state index in [0.29, 0.717) is 12.0 Å². The lowest BCUT2D eigenvalue weighted by atomic mass is 9.96. The largest absolute Gasteiger partial charge is 0.307 e. The normalized spacial score (nSPS) is 20.8. The van der Waals surface area contributed by atoms with Crippen molar-refractivity contribution in [2.45, 2.75) is 58.9 Å². The van der Waals surface area contributed by atoms with E-state index in [-0.39, 0.29) is 0 Å². The molecule has 1 N–H and O–H groups in total. The van der Waals surface area contributed by atoms with E-state index in [9.17, 15) is 0 Å². The minimum absolute atomic E-state index is 0.566. The van der Waals surface area contributed by atoms with E-state index >= 15 is 0 Å². The molecule has 0 aromatic heterocycles. The third kappa shape index (κ3) is 3.79. The van der Waals surface area contributed by atoms with Crippen molar-refractivity contribution in [2.75, 3.05) is 0 Å². The Bertz CT molecular complexity index is 167. The highest BCUT2D eigenvalue weighted by Gasteiger charge is 2.11. The van der Waals surface area contributed by atoms with Crippen LogP contribution in [0.1, 0.15) is 52.9 Å². The molecule has 1 saturated carbocycles. The molecule has 0 aromatic carbocycles. The zero-order valence-corrected chi connectivity index (χ0v) is 9.14. The maximum Gasteiger partial charge on any atom is 0.0440 e. The monoisotopic (exact) mass is 182 g/mol. The maximum absolute atomic E-state index is 4.41. The Labute approximate surface area is 81.8 Å².